The van der Waals surface area contributed by atoms with Crippen molar-refractivity contribution >= 4 is 86.2 Å². The quantitative estimate of drug-likeness (QED) is 0.0116. The first-order chi connectivity index (χ1) is 25.3. The molecule has 0 fully saturated rings. The zero-order valence-corrected chi connectivity index (χ0v) is 29.1. The summed E-state index contributed by atoms with van der Waals surface area (Å²) in [5.74, 6) is 0.449. The summed E-state index contributed by atoms with van der Waals surface area (Å²) in [7, 11) is -4.22. The van der Waals surface area contributed by atoms with E-state index in [1.165, 1.54) is 6.21 Å². The molecule has 0 spiro atoms. The van der Waals surface area contributed by atoms with E-state index < -0.39 is 15.9 Å². The number of aliphatic imine (C=N–C) groups is 1. The summed E-state index contributed by atoms with van der Waals surface area (Å²) in [4.78, 5) is 30.5. The molecule has 4 rings (SSSR count). The highest BCUT2D eigenvalue weighted by molar-refractivity contribution is 7.95. The van der Waals surface area contributed by atoms with E-state index in [2.05, 4.69) is 70.9 Å². The Bertz CT molecular complexity index is 1850. The van der Waals surface area contributed by atoms with Gasteiger partial charge in [0.2, 0.25) is 29.7 Å². The molecule has 2 aromatic carbocycles. The van der Waals surface area contributed by atoms with Gasteiger partial charge >= 0.3 is 0 Å². The lowest BCUT2D eigenvalue weighted by atomic mass is 10.1. The maximum absolute atomic E-state index is 11.2. The smallest absolute Gasteiger partial charge is 0.266 e. The van der Waals surface area contributed by atoms with Gasteiger partial charge in [-0.3, -0.25) is 4.55 Å². The highest BCUT2D eigenvalue weighted by Gasteiger charge is 2.13. The van der Waals surface area contributed by atoms with E-state index in [9.17, 15) is 8.42 Å². The van der Waals surface area contributed by atoms with E-state index >= 15 is 0 Å². The molecule has 24 heteroatoms. The number of benzene rings is 2. The van der Waals surface area contributed by atoms with Crippen LogP contribution in [0.5, 0.6) is 0 Å². The van der Waals surface area contributed by atoms with Crippen molar-refractivity contribution in [3.8, 4) is 0 Å². The number of hydrogen-bond acceptors (Lipinski definition) is 22. The lowest BCUT2D eigenvalue weighted by molar-refractivity contribution is -0.432. The predicted molar refractivity (Wildman–Crippen MR) is 193 cm³/mol. The van der Waals surface area contributed by atoms with Gasteiger partial charge < -0.3 is 46.3 Å². The molecule has 52 heavy (non-hydrogen) atoms. The predicted octanol–water partition coefficient (Wildman–Crippen LogP) is 1.61. The number of aliphatic hydroxyl groups is 2. The van der Waals surface area contributed by atoms with Crippen LogP contribution >= 0.6 is 12.0 Å². The van der Waals surface area contributed by atoms with Crippen LogP contribution in [0, 0.1) is 0 Å². The average molecular weight is 767 g/mol. The summed E-state index contributed by atoms with van der Waals surface area (Å²) in [6.45, 7) is 1.20. The van der Waals surface area contributed by atoms with Crippen molar-refractivity contribution in [2.75, 3.05) is 97.4 Å². The Morgan fingerprint density at radius 1 is 0.712 bits per heavy atom. The number of rotatable bonds is 25. The summed E-state index contributed by atoms with van der Waals surface area (Å²) in [6.07, 6.45) is 1.45. The van der Waals surface area contributed by atoms with Gasteiger partial charge in [-0.15, -0.1) is 4.33 Å². The minimum absolute atomic E-state index is 0.0491. The van der Waals surface area contributed by atoms with Crippen LogP contribution in [0.1, 0.15) is 0 Å². The Kier molecular flexibility index (Phi) is 16.7. The van der Waals surface area contributed by atoms with E-state index in [0.717, 1.165) is 22.8 Å². The Balaban J connectivity index is 1.58. The molecule has 282 valence electrons. The first kappa shape index (κ1) is 40.1. The third-order valence-electron chi connectivity index (χ3n) is 6.28. The molecule has 2 aromatic heterocycles. The molecule has 0 atom stereocenters. The highest BCUT2D eigenvalue weighted by atomic mass is 32.2. The number of nitrogens with one attached hydrogen (secondary N) is 5. The van der Waals surface area contributed by atoms with Crippen molar-refractivity contribution in [1.82, 2.24) is 29.9 Å². The number of fused-ring (bicyclic) bond motifs is 1. The second kappa shape index (κ2) is 21.7. The monoisotopic (exact) mass is 766 g/mol. The third-order valence-corrected chi connectivity index (χ3v) is 7.44. The first-order valence-corrected chi connectivity index (χ1v) is 18.0. The van der Waals surface area contributed by atoms with Crippen LogP contribution in [0.25, 0.3) is 10.8 Å². The molecule has 0 aliphatic heterocycles. The van der Waals surface area contributed by atoms with E-state index in [1.54, 1.807) is 0 Å². The molecule has 0 aliphatic rings. The Hall–Kier alpha value is -4.63. The Morgan fingerprint density at radius 2 is 1.21 bits per heavy atom. The standard InChI is InChI=1S/C28H38N12O10S2/c41-11-15-47-13-7-29-23-35-25(31-9-17-51-50-49-43)39-27(37-23)33-21-5-1-4-20-19(21)3-2-6-22(20)34-28-38-24(30-8-14-48-16-12-42)36-26(40-28)32-10-18-52(44,45)46/h1-6,9,41-43H,7-8,10-18H2,(H,44,45,46)(H2,29,33,35,37,39)(H3,30,32,34,36,38,40)/b31-9-. The average Bonchev–Trinajstić information content (AvgIpc) is 3.11. The summed E-state index contributed by atoms with van der Waals surface area (Å²) >= 11 is 0.790. The summed E-state index contributed by atoms with van der Waals surface area (Å²) < 4.78 is 46.5. The van der Waals surface area contributed by atoms with Crippen LogP contribution in [-0.4, -0.2) is 135 Å². The number of aromatic nitrogens is 6. The normalized spacial score (nSPS) is 11.6. The van der Waals surface area contributed by atoms with Gasteiger partial charge in [0, 0.05) is 60.0 Å². The molecule has 22 nitrogen and oxygen atoms in total. The van der Waals surface area contributed by atoms with Crippen molar-refractivity contribution in [3.05, 3.63) is 36.4 Å². The van der Waals surface area contributed by atoms with Gasteiger partial charge in [0.05, 0.1) is 51.1 Å². The molecular formula is C28H38N12O10S2. The Labute approximate surface area is 301 Å². The molecule has 0 radical (unpaired) electrons. The number of ether oxygens (including phenoxy) is 2. The number of aliphatic hydroxyl groups excluding tert-OH is 2. The molecule has 0 saturated carbocycles. The van der Waals surface area contributed by atoms with Gasteiger partial charge in [0.15, 0.2) is 0 Å². The van der Waals surface area contributed by atoms with E-state index in [-0.39, 0.29) is 81.0 Å². The van der Waals surface area contributed by atoms with Gasteiger partial charge in [-0.1, -0.05) is 29.3 Å². The number of nitrogens with zero attached hydrogens (tertiary/aromatic N) is 7. The Morgan fingerprint density at radius 3 is 1.75 bits per heavy atom. The van der Waals surface area contributed by atoms with Crippen LogP contribution < -0.4 is 26.6 Å². The minimum Gasteiger partial charge on any atom is -0.394 e. The van der Waals surface area contributed by atoms with Crippen molar-refractivity contribution in [2.24, 2.45) is 4.99 Å². The molecule has 2 heterocycles. The fourth-order valence-corrected chi connectivity index (χ4v) is 4.80. The number of anilines is 7. The molecular weight excluding hydrogens is 729 g/mol. The maximum atomic E-state index is 11.2. The van der Waals surface area contributed by atoms with Crippen LogP contribution in [0.3, 0.4) is 0 Å². The van der Waals surface area contributed by atoms with Gasteiger partial charge in [0.25, 0.3) is 16.1 Å². The van der Waals surface area contributed by atoms with Crippen molar-refractivity contribution in [1.29, 1.82) is 0 Å². The lowest BCUT2D eigenvalue weighted by Gasteiger charge is -2.14. The van der Waals surface area contributed by atoms with Crippen LogP contribution in [0.15, 0.2) is 41.4 Å². The zero-order valence-electron chi connectivity index (χ0n) is 27.5. The van der Waals surface area contributed by atoms with Gasteiger partial charge in [-0.25, -0.2) is 10.2 Å². The van der Waals surface area contributed by atoms with Gasteiger partial charge in [-0.05, 0) is 12.1 Å². The van der Waals surface area contributed by atoms with Crippen LogP contribution in [0.4, 0.5) is 47.1 Å². The molecule has 0 aliphatic carbocycles. The fraction of sp³-hybridized carbons (Fsp3) is 0.393. The van der Waals surface area contributed by atoms with Crippen molar-refractivity contribution < 1.29 is 47.3 Å². The first-order valence-electron chi connectivity index (χ1n) is 15.5. The topological polar surface area (TPSA) is 302 Å². The zero-order chi connectivity index (χ0) is 37.0. The summed E-state index contributed by atoms with van der Waals surface area (Å²) in [6, 6.07) is 11.1. The van der Waals surface area contributed by atoms with Crippen molar-refractivity contribution in [2.45, 2.75) is 0 Å². The highest BCUT2D eigenvalue weighted by Crippen LogP contribution is 2.32. The lowest BCUT2D eigenvalue weighted by Crippen LogP contribution is -2.18. The van der Waals surface area contributed by atoms with Gasteiger partial charge in [-0.2, -0.15) is 38.3 Å². The summed E-state index contributed by atoms with van der Waals surface area (Å²) in [5, 5.41) is 46.5. The second-order valence-corrected chi connectivity index (χ2v) is 12.3. The van der Waals surface area contributed by atoms with E-state index in [1.807, 2.05) is 36.4 Å². The summed E-state index contributed by atoms with van der Waals surface area (Å²) in [5.41, 5.74) is 1.25. The minimum atomic E-state index is -4.22. The largest absolute Gasteiger partial charge is 0.394 e. The molecule has 0 bridgehead atoms. The molecule has 0 unspecified atom stereocenters. The third kappa shape index (κ3) is 14.2. The molecule has 4 aromatic rings. The molecule has 9 N–H and O–H groups in total. The fourth-order valence-electron chi connectivity index (χ4n) is 4.21. The SMILES string of the molecule is O=S(=O)(O)CCNc1nc(NCCOCCO)nc(Nc2cccc3c(Nc4nc(/N=C\CSOOO)nc(NCCOCCO)n4)cccc23)n1. The molecule has 0 amide bonds. The number of hydrogen-bond donors (Lipinski definition) is 9. The van der Waals surface area contributed by atoms with E-state index in [4.69, 9.17) is 29.5 Å². The van der Waals surface area contributed by atoms with Crippen LogP contribution in [0.2, 0.25) is 0 Å². The maximum Gasteiger partial charge on any atom is 0.266 e. The molecule has 0 saturated heterocycles. The van der Waals surface area contributed by atoms with Crippen LogP contribution in [-0.2, 0) is 29.0 Å². The second-order valence-electron chi connectivity index (χ2n) is 10.0. The van der Waals surface area contributed by atoms with Crippen molar-refractivity contribution in [3.63, 3.8) is 0 Å². The van der Waals surface area contributed by atoms with Gasteiger partial charge in [0.1, 0.15) is 0 Å². The van der Waals surface area contributed by atoms with E-state index in [0.29, 0.717) is 31.1 Å².